The van der Waals surface area contributed by atoms with Crippen LogP contribution in [-0.4, -0.2) is 26.3 Å². The molecule has 0 saturated heterocycles. The predicted octanol–water partition coefficient (Wildman–Crippen LogP) is 3.04. The summed E-state index contributed by atoms with van der Waals surface area (Å²) in [6, 6.07) is 4.96. The molecule has 4 heteroatoms. The molecule has 0 amide bonds. The van der Waals surface area contributed by atoms with E-state index in [1.54, 1.807) is 12.1 Å². The van der Waals surface area contributed by atoms with Gasteiger partial charge in [-0.1, -0.05) is 17.7 Å². The summed E-state index contributed by atoms with van der Waals surface area (Å²) in [5.74, 6) is -0.242. The van der Waals surface area contributed by atoms with Crippen molar-refractivity contribution in [3.05, 3.63) is 34.6 Å². The monoisotopic (exact) mass is 259 g/mol. The summed E-state index contributed by atoms with van der Waals surface area (Å²) < 4.78 is 18.9. The summed E-state index contributed by atoms with van der Waals surface area (Å²) in [7, 11) is 1.87. The molecule has 1 aromatic rings. The Bertz CT molecular complexity index is 326. The number of hydrogen-bond donors (Lipinski definition) is 1. The second-order valence-electron chi connectivity index (χ2n) is 3.88. The Labute approximate surface area is 107 Å². The highest BCUT2D eigenvalue weighted by Gasteiger charge is 2.13. The Hall–Kier alpha value is -0.640. The zero-order valence-corrected chi connectivity index (χ0v) is 11.1. The summed E-state index contributed by atoms with van der Waals surface area (Å²) in [6.45, 7) is 3.34. The van der Waals surface area contributed by atoms with Crippen LogP contribution in [0.4, 0.5) is 4.39 Å². The second-order valence-corrected chi connectivity index (χ2v) is 4.28. The van der Waals surface area contributed by atoms with Crippen LogP contribution in [0, 0.1) is 5.82 Å². The van der Waals surface area contributed by atoms with Crippen molar-refractivity contribution in [2.45, 2.75) is 25.8 Å². The van der Waals surface area contributed by atoms with E-state index in [4.69, 9.17) is 16.3 Å². The van der Waals surface area contributed by atoms with Crippen LogP contribution in [0.2, 0.25) is 5.02 Å². The first-order chi connectivity index (χ1) is 8.19. The van der Waals surface area contributed by atoms with Gasteiger partial charge < -0.3 is 10.1 Å². The Morgan fingerprint density at radius 3 is 2.82 bits per heavy atom. The number of hydrogen-bond acceptors (Lipinski definition) is 2. The maximum Gasteiger partial charge on any atom is 0.127 e. The van der Waals surface area contributed by atoms with Gasteiger partial charge in [0.2, 0.25) is 0 Å². The Morgan fingerprint density at radius 2 is 2.24 bits per heavy atom. The molecule has 0 aliphatic rings. The molecule has 0 radical (unpaired) electrons. The highest BCUT2D eigenvalue weighted by molar-refractivity contribution is 6.31. The summed E-state index contributed by atoms with van der Waals surface area (Å²) in [6.07, 6.45) is 1.42. The van der Waals surface area contributed by atoms with E-state index in [0.29, 0.717) is 30.2 Å². The van der Waals surface area contributed by atoms with E-state index in [-0.39, 0.29) is 11.9 Å². The van der Waals surface area contributed by atoms with Gasteiger partial charge in [0.1, 0.15) is 5.82 Å². The third-order valence-electron chi connectivity index (χ3n) is 2.74. The van der Waals surface area contributed by atoms with E-state index in [1.165, 1.54) is 6.07 Å². The number of benzene rings is 1. The first-order valence-electron chi connectivity index (χ1n) is 5.87. The molecule has 96 valence electrons. The fraction of sp³-hybridized carbons (Fsp3) is 0.538. The molecule has 1 aromatic carbocycles. The molecular weight excluding hydrogens is 241 g/mol. The van der Waals surface area contributed by atoms with E-state index in [2.05, 4.69) is 5.32 Å². The molecule has 1 unspecified atom stereocenters. The van der Waals surface area contributed by atoms with Crippen molar-refractivity contribution in [3.8, 4) is 0 Å². The zero-order chi connectivity index (χ0) is 12.7. The Morgan fingerprint density at radius 1 is 1.47 bits per heavy atom. The average molecular weight is 260 g/mol. The second kappa shape index (κ2) is 7.64. The normalized spacial score (nSPS) is 12.7. The number of likely N-dealkylation sites (N-methyl/N-ethyl adjacent to an activating group) is 1. The molecule has 1 N–H and O–H groups in total. The smallest absolute Gasteiger partial charge is 0.127 e. The van der Waals surface area contributed by atoms with Crippen LogP contribution in [0.25, 0.3) is 0 Å². The van der Waals surface area contributed by atoms with Crippen LogP contribution in [0.5, 0.6) is 0 Å². The van der Waals surface area contributed by atoms with E-state index in [0.717, 1.165) is 6.42 Å². The third-order valence-corrected chi connectivity index (χ3v) is 3.09. The zero-order valence-electron chi connectivity index (χ0n) is 10.3. The van der Waals surface area contributed by atoms with Gasteiger partial charge in [-0.3, -0.25) is 0 Å². The van der Waals surface area contributed by atoms with Crippen LogP contribution in [0.15, 0.2) is 18.2 Å². The fourth-order valence-electron chi connectivity index (χ4n) is 1.69. The molecule has 0 bridgehead atoms. The minimum atomic E-state index is -0.242. The first-order valence-corrected chi connectivity index (χ1v) is 6.24. The highest BCUT2D eigenvalue weighted by Crippen LogP contribution is 2.21. The quantitative estimate of drug-likeness (QED) is 0.760. The van der Waals surface area contributed by atoms with Crippen LogP contribution in [0.3, 0.4) is 0 Å². The molecule has 0 aliphatic heterocycles. The van der Waals surface area contributed by atoms with Gasteiger partial charge in [0.15, 0.2) is 0 Å². The highest BCUT2D eigenvalue weighted by atomic mass is 35.5. The van der Waals surface area contributed by atoms with E-state index in [1.807, 2.05) is 14.0 Å². The summed E-state index contributed by atoms with van der Waals surface area (Å²) in [5.41, 5.74) is 0.574. The average Bonchev–Trinajstić information content (AvgIpc) is 2.32. The number of ether oxygens (including phenoxy) is 1. The molecule has 0 fully saturated rings. The standard InChI is InChI=1S/C13H19ClFNO/c1-3-17-8-7-10(16-2)9-11-12(14)5-4-6-13(11)15/h4-6,10,16H,3,7-9H2,1-2H3. The molecule has 0 saturated carbocycles. The summed E-state index contributed by atoms with van der Waals surface area (Å²) >= 11 is 5.99. The lowest BCUT2D eigenvalue weighted by atomic mass is 10.0. The Kier molecular flexibility index (Phi) is 6.48. The number of nitrogens with one attached hydrogen (secondary N) is 1. The van der Waals surface area contributed by atoms with E-state index in [9.17, 15) is 4.39 Å². The minimum absolute atomic E-state index is 0.177. The van der Waals surface area contributed by atoms with Crippen LogP contribution < -0.4 is 5.32 Å². The first kappa shape index (κ1) is 14.4. The maximum absolute atomic E-state index is 13.6. The van der Waals surface area contributed by atoms with Gasteiger partial charge in [-0.15, -0.1) is 0 Å². The molecular formula is C13H19ClFNO. The van der Waals surface area contributed by atoms with Crippen LogP contribution >= 0.6 is 11.6 Å². The van der Waals surface area contributed by atoms with Crippen molar-refractivity contribution in [3.63, 3.8) is 0 Å². The van der Waals surface area contributed by atoms with Crippen LogP contribution in [-0.2, 0) is 11.2 Å². The molecule has 17 heavy (non-hydrogen) atoms. The van der Waals surface area contributed by atoms with Crippen LogP contribution in [0.1, 0.15) is 18.9 Å². The molecule has 1 atom stereocenters. The minimum Gasteiger partial charge on any atom is -0.382 e. The fourth-order valence-corrected chi connectivity index (χ4v) is 1.93. The largest absolute Gasteiger partial charge is 0.382 e. The van der Waals surface area contributed by atoms with Gasteiger partial charge in [0.05, 0.1) is 0 Å². The summed E-state index contributed by atoms with van der Waals surface area (Å²) in [4.78, 5) is 0. The number of rotatable bonds is 7. The maximum atomic E-state index is 13.6. The lowest BCUT2D eigenvalue weighted by molar-refractivity contribution is 0.137. The molecule has 0 aliphatic carbocycles. The SMILES string of the molecule is CCOCCC(Cc1c(F)cccc1Cl)NC. The van der Waals surface area contributed by atoms with Crippen molar-refractivity contribution in [1.82, 2.24) is 5.32 Å². The van der Waals surface area contributed by atoms with Crippen molar-refractivity contribution in [2.75, 3.05) is 20.3 Å². The topological polar surface area (TPSA) is 21.3 Å². The Balaban J connectivity index is 2.60. The summed E-state index contributed by atoms with van der Waals surface area (Å²) in [5, 5.41) is 3.65. The predicted molar refractivity (Wildman–Crippen MR) is 69.1 cm³/mol. The van der Waals surface area contributed by atoms with Gasteiger partial charge in [-0.2, -0.15) is 0 Å². The van der Waals surface area contributed by atoms with Crippen molar-refractivity contribution in [2.24, 2.45) is 0 Å². The van der Waals surface area contributed by atoms with Crippen molar-refractivity contribution >= 4 is 11.6 Å². The number of halogens is 2. The van der Waals surface area contributed by atoms with Crippen molar-refractivity contribution < 1.29 is 9.13 Å². The van der Waals surface area contributed by atoms with Gasteiger partial charge in [0, 0.05) is 29.8 Å². The van der Waals surface area contributed by atoms with Gasteiger partial charge in [0.25, 0.3) is 0 Å². The third kappa shape index (κ3) is 4.62. The molecule has 0 heterocycles. The lowest BCUT2D eigenvalue weighted by Gasteiger charge is -2.17. The lowest BCUT2D eigenvalue weighted by Crippen LogP contribution is -2.29. The molecule has 0 aromatic heterocycles. The van der Waals surface area contributed by atoms with Gasteiger partial charge in [-0.05, 0) is 38.9 Å². The molecule has 1 rings (SSSR count). The van der Waals surface area contributed by atoms with Gasteiger partial charge >= 0.3 is 0 Å². The molecule has 2 nitrogen and oxygen atoms in total. The van der Waals surface area contributed by atoms with Crippen molar-refractivity contribution in [1.29, 1.82) is 0 Å². The molecule has 0 spiro atoms. The van der Waals surface area contributed by atoms with E-state index < -0.39 is 0 Å². The van der Waals surface area contributed by atoms with E-state index >= 15 is 0 Å². The van der Waals surface area contributed by atoms with Gasteiger partial charge in [-0.25, -0.2) is 4.39 Å².